The maximum Gasteiger partial charge on any atom is 0.259 e. The second kappa shape index (κ2) is 8.98. The zero-order valence-electron chi connectivity index (χ0n) is 17.5. The molecule has 1 aromatic heterocycles. The molecule has 0 unspecified atom stereocenters. The van der Waals surface area contributed by atoms with E-state index in [0.717, 1.165) is 30.1 Å². The molecule has 6 nitrogen and oxygen atoms in total. The Morgan fingerprint density at radius 1 is 1.13 bits per heavy atom. The van der Waals surface area contributed by atoms with E-state index in [0.29, 0.717) is 36.0 Å². The summed E-state index contributed by atoms with van der Waals surface area (Å²) in [6.45, 7) is 4.78. The summed E-state index contributed by atoms with van der Waals surface area (Å²) in [7, 11) is 1.65. The summed E-state index contributed by atoms with van der Waals surface area (Å²) < 4.78 is 20.0. The van der Waals surface area contributed by atoms with Gasteiger partial charge < -0.3 is 14.5 Å². The number of hydrogen-bond acceptors (Lipinski definition) is 4. The Kier molecular flexibility index (Phi) is 6.13. The molecule has 2 heterocycles. The highest BCUT2D eigenvalue weighted by molar-refractivity contribution is 6.33. The number of carbonyl (C=O) groups excluding carboxylic acids is 1. The van der Waals surface area contributed by atoms with Gasteiger partial charge in [-0.25, -0.2) is 9.07 Å². The molecule has 3 aromatic rings. The third kappa shape index (κ3) is 4.51. The van der Waals surface area contributed by atoms with Crippen molar-refractivity contribution in [2.45, 2.75) is 13.5 Å². The van der Waals surface area contributed by atoms with Gasteiger partial charge in [-0.05, 0) is 36.8 Å². The largest absolute Gasteiger partial charge is 0.497 e. The van der Waals surface area contributed by atoms with Crippen molar-refractivity contribution in [3.63, 3.8) is 0 Å². The van der Waals surface area contributed by atoms with Crippen LogP contribution in [0.1, 0.15) is 21.6 Å². The first kappa shape index (κ1) is 21.2. The highest BCUT2D eigenvalue weighted by Gasteiger charge is 2.28. The molecular weight excluding hydrogens is 419 g/mol. The first-order valence-electron chi connectivity index (χ1n) is 10.1. The van der Waals surface area contributed by atoms with Crippen molar-refractivity contribution >= 4 is 23.2 Å². The van der Waals surface area contributed by atoms with Gasteiger partial charge in [-0.2, -0.15) is 5.10 Å². The van der Waals surface area contributed by atoms with E-state index >= 15 is 0 Å². The summed E-state index contributed by atoms with van der Waals surface area (Å²) >= 11 is 6.54. The summed E-state index contributed by atoms with van der Waals surface area (Å²) in [4.78, 5) is 17.2. The summed E-state index contributed by atoms with van der Waals surface area (Å²) in [5.74, 6) is 0.403. The number of aromatic nitrogens is 2. The fourth-order valence-corrected chi connectivity index (χ4v) is 4.11. The molecule has 4 rings (SSSR count). The number of halogens is 2. The minimum absolute atomic E-state index is 0.113. The van der Waals surface area contributed by atoms with Gasteiger partial charge in [0.25, 0.3) is 5.91 Å². The summed E-state index contributed by atoms with van der Waals surface area (Å²) in [5.41, 5.74) is 2.95. The summed E-state index contributed by atoms with van der Waals surface area (Å²) in [6.07, 6.45) is 0. The number of ether oxygens (including phenoxy) is 1. The van der Waals surface area contributed by atoms with Gasteiger partial charge in [-0.15, -0.1) is 0 Å². The lowest BCUT2D eigenvalue weighted by Crippen LogP contribution is -2.49. The molecule has 162 valence electrons. The molecule has 8 heteroatoms. The van der Waals surface area contributed by atoms with Gasteiger partial charge in [-0.1, -0.05) is 29.8 Å². The Balaban J connectivity index is 1.45. The molecule has 31 heavy (non-hydrogen) atoms. The number of amides is 1. The normalized spacial score (nSPS) is 14.1. The van der Waals surface area contributed by atoms with Crippen molar-refractivity contribution in [1.82, 2.24) is 14.7 Å². The van der Waals surface area contributed by atoms with Crippen molar-refractivity contribution in [2.75, 3.05) is 38.2 Å². The zero-order valence-corrected chi connectivity index (χ0v) is 18.3. The number of methoxy groups -OCH3 is 1. The van der Waals surface area contributed by atoms with Crippen LogP contribution in [-0.2, 0) is 6.54 Å². The fourth-order valence-electron chi connectivity index (χ4n) is 3.80. The lowest BCUT2D eigenvalue weighted by Gasteiger charge is -2.36. The lowest BCUT2D eigenvalue weighted by molar-refractivity contribution is 0.0746. The van der Waals surface area contributed by atoms with Crippen molar-refractivity contribution in [2.24, 2.45) is 0 Å². The zero-order chi connectivity index (χ0) is 22.0. The van der Waals surface area contributed by atoms with E-state index in [2.05, 4.69) is 10.00 Å². The van der Waals surface area contributed by atoms with Crippen molar-refractivity contribution in [3.8, 4) is 5.75 Å². The number of carbonyl (C=O) groups is 1. The molecule has 2 aromatic carbocycles. The van der Waals surface area contributed by atoms with Crippen molar-refractivity contribution in [1.29, 1.82) is 0 Å². The first-order valence-corrected chi connectivity index (χ1v) is 10.5. The Labute approximate surface area is 185 Å². The van der Waals surface area contributed by atoms with Crippen LogP contribution in [0.25, 0.3) is 0 Å². The number of piperazine rings is 1. The van der Waals surface area contributed by atoms with E-state index in [1.54, 1.807) is 30.8 Å². The van der Waals surface area contributed by atoms with Gasteiger partial charge in [0.15, 0.2) is 0 Å². The molecule has 0 aliphatic carbocycles. The number of anilines is 1. The lowest BCUT2D eigenvalue weighted by atomic mass is 10.2. The summed E-state index contributed by atoms with van der Waals surface area (Å²) in [5, 5.41) is 4.75. The number of benzene rings is 2. The molecule has 0 atom stereocenters. The van der Waals surface area contributed by atoms with Crippen LogP contribution in [0.5, 0.6) is 5.75 Å². The van der Waals surface area contributed by atoms with Crippen LogP contribution >= 0.6 is 11.6 Å². The molecule has 1 saturated heterocycles. The smallest absolute Gasteiger partial charge is 0.259 e. The van der Waals surface area contributed by atoms with Crippen LogP contribution in [0.3, 0.4) is 0 Å². The Hall–Kier alpha value is -3.06. The van der Waals surface area contributed by atoms with E-state index in [9.17, 15) is 9.18 Å². The molecule has 0 saturated carbocycles. The number of aryl methyl sites for hydroxylation is 1. The van der Waals surface area contributed by atoms with E-state index in [4.69, 9.17) is 16.3 Å². The average molecular weight is 443 g/mol. The molecule has 1 fully saturated rings. The average Bonchev–Trinajstić information content (AvgIpc) is 3.07. The Morgan fingerprint density at radius 3 is 2.52 bits per heavy atom. The molecule has 0 spiro atoms. The minimum Gasteiger partial charge on any atom is -0.497 e. The molecule has 0 radical (unpaired) electrons. The topological polar surface area (TPSA) is 50.6 Å². The standard InChI is InChI=1S/C23H24ClFN4O2/c1-16-21(22(24)29(26-16)15-17-6-8-18(25)9-7-17)23(30)28-12-10-27(11-13-28)19-4-3-5-20(14-19)31-2/h3-9,14H,10-13,15H2,1-2H3. The maximum atomic E-state index is 13.2. The van der Waals surface area contributed by atoms with Crippen LogP contribution in [0.4, 0.5) is 10.1 Å². The van der Waals surface area contributed by atoms with Gasteiger partial charge in [0, 0.05) is 37.9 Å². The third-order valence-corrected chi connectivity index (χ3v) is 5.89. The predicted octanol–water partition coefficient (Wildman–Crippen LogP) is 4.00. The molecule has 1 aliphatic heterocycles. The van der Waals surface area contributed by atoms with Gasteiger partial charge >= 0.3 is 0 Å². The van der Waals surface area contributed by atoms with E-state index in [-0.39, 0.29) is 11.7 Å². The molecular formula is C23H24ClFN4O2. The number of hydrogen-bond donors (Lipinski definition) is 0. The summed E-state index contributed by atoms with van der Waals surface area (Å²) in [6, 6.07) is 14.1. The van der Waals surface area contributed by atoms with E-state index in [1.165, 1.54) is 12.1 Å². The maximum absolute atomic E-state index is 13.2. The second-order valence-corrected chi connectivity index (χ2v) is 7.87. The number of rotatable bonds is 5. The van der Waals surface area contributed by atoms with Crippen molar-refractivity contribution < 1.29 is 13.9 Å². The second-order valence-electron chi connectivity index (χ2n) is 7.52. The fraction of sp³-hybridized carbons (Fsp3) is 0.304. The van der Waals surface area contributed by atoms with Crippen molar-refractivity contribution in [3.05, 3.63) is 76.3 Å². The van der Waals surface area contributed by atoms with Crippen LogP contribution in [0.15, 0.2) is 48.5 Å². The molecule has 1 amide bonds. The van der Waals surface area contributed by atoms with E-state index < -0.39 is 0 Å². The first-order chi connectivity index (χ1) is 15.0. The Morgan fingerprint density at radius 2 is 1.84 bits per heavy atom. The third-order valence-electron chi connectivity index (χ3n) is 5.51. The SMILES string of the molecule is COc1cccc(N2CCN(C(=O)c3c(C)nn(Cc4ccc(F)cc4)c3Cl)CC2)c1. The van der Waals surface area contributed by atoms with Crippen LogP contribution in [0.2, 0.25) is 5.15 Å². The van der Waals surface area contributed by atoms with Crippen LogP contribution in [0, 0.1) is 12.7 Å². The highest BCUT2D eigenvalue weighted by Crippen LogP contribution is 2.25. The van der Waals surface area contributed by atoms with Gasteiger partial charge in [0.2, 0.25) is 0 Å². The monoisotopic (exact) mass is 442 g/mol. The van der Waals surface area contributed by atoms with Gasteiger partial charge in [0.05, 0.1) is 24.9 Å². The highest BCUT2D eigenvalue weighted by atomic mass is 35.5. The van der Waals surface area contributed by atoms with Crippen LogP contribution < -0.4 is 9.64 Å². The van der Waals surface area contributed by atoms with Crippen LogP contribution in [-0.4, -0.2) is 53.9 Å². The van der Waals surface area contributed by atoms with E-state index in [1.807, 2.05) is 29.2 Å². The minimum atomic E-state index is -0.296. The molecule has 0 bridgehead atoms. The van der Waals surface area contributed by atoms with Gasteiger partial charge in [-0.3, -0.25) is 4.79 Å². The molecule has 1 aliphatic rings. The quantitative estimate of drug-likeness (QED) is 0.599. The number of nitrogens with zero attached hydrogens (tertiary/aromatic N) is 4. The van der Waals surface area contributed by atoms with Gasteiger partial charge in [0.1, 0.15) is 16.7 Å². The molecule has 0 N–H and O–H groups in total. The Bertz CT molecular complexity index is 1080. The predicted molar refractivity (Wildman–Crippen MR) is 119 cm³/mol.